The molecule has 0 aliphatic carbocycles. The molecule has 0 radical (unpaired) electrons. The van der Waals surface area contributed by atoms with Crippen molar-refractivity contribution in [1.29, 1.82) is 0 Å². The average molecular weight is 537 g/mol. The zero-order valence-electron chi connectivity index (χ0n) is 22.6. The number of hydrogen-bond donors (Lipinski definition) is 3. The molecule has 2 bridgehead atoms. The van der Waals surface area contributed by atoms with Crippen molar-refractivity contribution >= 4 is 29.3 Å². The maximum Gasteiger partial charge on any atom is 0.406 e. The number of epoxide rings is 1. The van der Waals surface area contributed by atoms with Gasteiger partial charge in [-0.15, -0.1) is 0 Å². The molecule has 1 aromatic rings. The van der Waals surface area contributed by atoms with Gasteiger partial charge in [0.1, 0.15) is 16.5 Å². The zero-order chi connectivity index (χ0) is 27.4. The summed E-state index contributed by atoms with van der Waals surface area (Å²) >= 11 is 6.60. The molecule has 2 aliphatic rings. The lowest BCUT2D eigenvalue weighted by molar-refractivity contribution is -0.118. The normalized spacial score (nSPS) is 31.2. The summed E-state index contributed by atoms with van der Waals surface area (Å²) in [5, 5.41) is 23.6. The number of nitrogens with one attached hydrogen (secondary N) is 1. The van der Waals surface area contributed by atoms with Crippen molar-refractivity contribution in [3.8, 4) is 5.75 Å². The number of amides is 2. The first-order valence-electron chi connectivity index (χ1n) is 13.1. The third kappa shape index (κ3) is 7.18. The molecule has 1 aromatic carbocycles. The van der Waals surface area contributed by atoms with Crippen LogP contribution in [0.4, 0.5) is 10.5 Å². The fourth-order valence-electron chi connectivity index (χ4n) is 5.48. The summed E-state index contributed by atoms with van der Waals surface area (Å²) in [6.45, 7) is 6.00. The van der Waals surface area contributed by atoms with Gasteiger partial charge in [0.25, 0.3) is 0 Å². The van der Waals surface area contributed by atoms with Crippen molar-refractivity contribution in [3.63, 3.8) is 0 Å². The molecule has 1 saturated heterocycles. The number of allylic oxidation sites excluding steroid dienone is 2. The number of ether oxygens (including phenoxy) is 2. The Labute approximate surface area is 225 Å². The van der Waals surface area contributed by atoms with Crippen LogP contribution in [0.3, 0.4) is 0 Å². The Morgan fingerprint density at radius 3 is 2.70 bits per heavy atom. The molecule has 4 atom stereocenters. The average Bonchev–Trinajstić information content (AvgIpc) is 3.49. The molecule has 3 unspecified atom stereocenters. The van der Waals surface area contributed by atoms with Gasteiger partial charge in [0, 0.05) is 19.4 Å². The Hall–Kier alpha value is -2.29. The number of methoxy groups -OCH3 is 1. The predicted molar refractivity (Wildman–Crippen MR) is 144 cm³/mol. The smallest absolute Gasteiger partial charge is 0.406 e. The summed E-state index contributed by atoms with van der Waals surface area (Å²) in [4.78, 5) is 26.2. The molecular weight excluding hydrogens is 496 g/mol. The van der Waals surface area contributed by atoms with E-state index in [1.54, 1.807) is 19.1 Å². The number of halogens is 1. The van der Waals surface area contributed by atoms with Crippen LogP contribution in [0, 0.1) is 5.92 Å². The summed E-state index contributed by atoms with van der Waals surface area (Å²) in [7, 11) is 3.29. The van der Waals surface area contributed by atoms with Gasteiger partial charge in [-0.2, -0.15) is 0 Å². The molecule has 8 nitrogen and oxygen atoms in total. The van der Waals surface area contributed by atoms with E-state index in [9.17, 15) is 19.8 Å². The molecule has 9 heteroatoms. The van der Waals surface area contributed by atoms with Gasteiger partial charge in [-0.3, -0.25) is 10.1 Å². The lowest BCUT2D eigenvalue weighted by atomic mass is 9.84. The third-order valence-corrected chi connectivity index (χ3v) is 8.29. The number of nitrogens with zero attached hydrogens (tertiary/aromatic N) is 1. The Bertz CT molecular complexity index is 1030. The monoisotopic (exact) mass is 536 g/mol. The third-order valence-electron chi connectivity index (χ3n) is 7.91. The highest BCUT2D eigenvalue weighted by atomic mass is 35.5. The number of carbonyl (C=O) groups excluding carboxylic acids is 1. The van der Waals surface area contributed by atoms with Crippen LogP contribution < -0.4 is 15.0 Å². The topological polar surface area (TPSA) is 112 Å². The van der Waals surface area contributed by atoms with Crippen LogP contribution in [0.5, 0.6) is 5.75 Å². The van der Waals surface area contributed by atoms with Crippen LogP contribution in [-0.4, -0.2) is 53.8 Å². The minimum Gasteiger partial charge on any atom is -0.495 e. The number of aliphatic hydroxyl groups is 1. The minimum absolute atomic E-state index is 0.0283. The molecular formula is C28H41ClN2O6. The van der Waals surface area contributed by atoms with Crippen LogP contribution in [0.1, 0.15) is 77.7 Å². The minimum atomic E-state index is -1.51. The molecule has 37 heavy (non-hydrogen) atoms. The zero-order valence-corrected chi connectivity index (χ0v) is 23.4. The van der Waals surface area contributed by atoms with E-state index >= 15 is 0 Å². The van der Waals surface area contributed by atoms with Gasteiger partial charge < -0.3 is 24.6 Å². The quantitative estimate of drug-likeness (QED) is 0.260. The summed E-state index contributed by atoms with van der Waals surface area (Å²) in [6.07, 6.45) is 5.97. The Balaban J connectivity index is 1.91. The van der Waals surface area contributed by atoms with E-state index < -0.39 is 17.4 Å². The van der Waals surface area contributed by atoms with Crippen LogP contribution in [0.25, 0.3) is 0 Å². The molecule has 0 aromatic heterocycles. The largest absolute Gasteiger partial charge is 0.495 e. The lowest BCUT2D eigenvalue weighted by Gasteiger charge is -2.36. The van der Waals surface area contributed by atoms with Gasteiger partial charge in [0.05, 0.1) is 24.5 Å². The van der Waals surface area contributed by atoms with Crippen molar-refractivity contribution in [3.05, 3.63) is 34.4 Å². The van der Waals surface area contributed by atoms with Gasteiger partial charge in [0.2, 0.25) is 5.91 Å². The first-order chi connectivity index (χ1) is 17.4. The molecule has 206 valence electrons. The van der Waals surface area contributed by atoms with Crippen molar-refractivity contribution in [2.45, 2.75) is 96.0 Å². The van der Waals surface area contributed by atoms with Crippen molar-refractivity contribution in [2.75, 3.05) is 19.1 Å². The number of carbonyl (C=O) groups is 2. The fourth-order valence-corrected chi connectivity index (χ4v) is 5.80. The van der Waals surface area contributed by atoms with Crippen LogP contribution in [0.15, 0.2) is 23.8 Å². The maximum absolute atomic E-state index is 13.1. The van der Waals surface area contributed by atoms with E-state index in [2.05, 4.69) is 11.4 Å². The highest BCUT2D eigenvalue weighted by Crippen LogP contribution is 2.44. The standard InChI is InChI=1S/C28H41ClN2O6/c1-6-20-10-7-9-18(2)15-19-16-21(25(29)22(17-19)36-5)31(4)24(32)12-14-27(3)23(37-27)11-8-13-28(20,35)30-26(33)34/h9,16-17,20,23,30,35H,6-8,10-15H2,1-5H3,(H,33,34)/b18-9+/t20?,23?,27-,28?/m0/s1. The number of anilines is 1. The number of carboxylic acid groups (broad SMARTS) is 1. The first-order valence-corrected chi connectivity index (χ1v) is 13.5. The second-order valence-electron chi connectivity index (χ2n) is 10.7. The van der Waals surface area contributed by atoms with Crippen molar-refractivity contribution < 1.29 is 29.3 Å². The van der Waals surface area contributed by atoms with Crippen LogP contribution in [-0.2, 0) is 16.0 Å². The lowest BCUT2D eigenvalue weighted by Crippen LogP contribution is -2.53. The molecule has 2 aliphatic heterocycles. The molecule has 2 heterocycles. The molecule has 3 N–H and O–H groups in total. The summed E-state index contributed by atoms with van der Waals surface area (Å²) < 4.78 is 11.4. The second-order valence-corrected chi connectivity index (χ2v) is 11.0. The van der Waals surface area contributed by atoms with Gasteiger partial charge in [0.15, 0.2) is 0 Å². The Morgan fingerprint density at radius 2 is 2.05 bits per heavy atom. The second kappa shape index (κ2) is 12.0. The van der Waals surface area contributed by atoms with E-state index in [0.29, 0.717) is 74.2 Å². The number of rotatable bonds is 3. The molecule has 3 rings (SSSR count). The number of fused-ring (bicyclic) bond motifs is 3. The Morgan fingerprint density at radius 1 is 1.32 bits per heavy atom. The van der Waals surface area contributed by atoms with E-state index in [-0.39, 0.29) is 17.9 Å². The van der Waals surface area contributed by atoms with E-state index in [1.165, 1.54) is 0 Å². The van der Waals surface area contributed by atoms with E-state index in [1.807, 2.05) is 32.9 Å². The fraction of sp³-hybridized carbons (Fsp3) is 0.643. The van der Waals surface area contributed by atoms with Crippen LogP contribution >= 0.6 is 11.6 Å². The molecule has 0 saturated carbocycles. The molecule has 1 fully saturated rings. The SMILES string of the molecule is CCC1CC/C=C(\C)Cc2cc(OC)c(Cl)c(c2)N(C)C(=O)CC[C@]2(C)OC2CCCC1(O)NC(=O)O. The summed E-state index contributed by atoms with van der Waals surface area (Å²) in [6, 6.07) is 3.81. The highest BCUT2D eigenvalue weighted by molar-refractivity contribution is 6.35. The van der Waals surface area contributed by atoms with E-state index in [4.69, 9.17) is 21.1 Å². The molecule has 2 amide bonds. The van der Waals surface area contributed by atoms with Crippen molar-refractivity contribution in [2.24, 2.45) is 5.92 Å². The van der Waals surface area contributed by atoms with Gasteiger partial charge in [-0.25, -0.2) is 4.79 Å². The van der Waals surface area contributed by atoms with Gasteiger partial charge in [-0.05, 0) is 82.9 Å². The van der Waals surface area contributed by atoms with Gasteiger partial charge >= 0.3 is 6.09 Å². The Kier molecular flexibility index (Phi) is 9.53. The highest BCUT2D eigenvalue weighted by Gasteiger charge is 2.51. The van der Waals surface area contributed by atoms with Gasteiger partial charge in [-0.1, -0.05) is 30.2 Å². The van der Waals surface area contributed by atoms with E-state index in [0.717, 1.165) is 11.1 Å². The molecule has 0 spiro atoms. The summed E-state index contributed by atoms with van der Waals surface area (Å²) in [5.41, 5.74) is 0.786. The number of benzene rings is 1. The maximum atomic E-state index is 13.1. The predicted octanol–water partition coefficient (Wildman–Crippen LogP) is 5.68. The first kappa shape index (κ1) is 29.3. The number of hydrogen-bond acceptors (Lipinski definition) is 5. The summed E-state index contributed by atoms with van der Waals surface area (Å²) in [5.74, 6) is 0.225. The van der Waals surface area contributed by atoms with Crippen molar-refractivity contribution in [1.82, 2.24) is 5.32 Å². The van der Waals surface area contributed by atoms with Crippen LogP contribution in [0.2, 0.25) is 5.02 Å².